The Labute approximate surface area is 144 Å². The monoisotopic (exact) mass is 351 g/mol. The molecule has 0 spiro atoms. The van der Waals surface area contributed by atoms with Gasteiger partial charge < -0.3 is 15.5 Å². The fraction of sp³-hybridized carbons (Fsp3) is 0.600. The van der Waals surface area contributed by atoms with Gasteiger partial charge in [-0.3, -0.25) is 14.9 Å². The van der Waals surface area contributed by atoms with Gasteiger partial charge in [0.1, 0.15) is 6.04 Å². The molecule has 3 rings (SSSR count). The molecule has 0 saturated carbocycles. The van der Waals surface area contributed by atoms with E-state index in [1.165, 1.54) is 11.3 Å². The number of nitrogens with zero attached hydrogens (tertiary/aromatic N) is 2. The van der Waals surface area contributed by atoms with Gasteiger partial charge in [0, 0.05) is 30.3 Å². The normalized spacial score (nSPS) is 19.9. The Hall–Kier alpha value is -2.16. The molecule has 8 nitrogen and oxygen atoms in total. The average Bonchev–Trinajstić information content (AvgIpc) is 3.10. The van der Waals surface area contributed by atoms with Crippen LogP contribution < -0.4 is 16.0 Å². The van der Waals surface area contributed by atoms with Crippen molar-refractivity contribution in [2.75, 3.05) is 11.9 Å². The zero-order chi connectivity index (χ0) is 17.3. The molecule has 2 aliphatic heterocycles. The molecule has 1 unspecified atom stereocenters. The Morgan fingerprint density at radius 3 is 2.83 bits per heavy atom. The second kappa shape index (κ2) is 6.76. The molecule has 3 heterocycles. The fourth-order valence-electron chi connectivity index (χ4n) is 2.85. The predicted molar refractivity (Wildman–Crippen MR) is 89.7 cm³/mol. The minimum absolute atomic E-state index is 0.0352. The number of amides is 4. The number of thiazole rings is 1. The molecule has 1 saturated heterocycles. The molecule has 9 heteroatoms. The first kappa shape index (κ1) is 16.7. The first-order valence-electron chi connectivity index (χ1n) is 8.06. The highest BCUT2D eigenvalue weighted by molar-refractivity contribution is 7.15. The standard InChI is InChI=1S/C15H21N5O3S/c1-8(2)16-14(23)19-15-18-9-5-6-20(7-11(9)24-15)13(22)10-3-4-12(21)17-10/h8,10H,3-7H2,1-2H3,(H,17,21)(H2,16,18,19,23). The van der Waals surface area contributed by atoms with Gasteiger partial charge >= 0.3 is 6.03 Å². The van der Waals surface area contributed by atoms with Crippen LogP contribution >= 0.6 is 11.3 Å². The minimum Gasteiger partial charge on any atom is -0.344 e. The summed E-state index contributed by atoms with van der Waals surface area (Å²) in [5.41, 5.74) is 0.930. The number of fused-ring (bicyclic) bond motifs is 1. The Kier molecular flexibility index (Phi) is 4.70. The Balaban J connectivity index is 1.62. The van der Waals surface area contributed by atoms with E-state index >= 15 is 0 Å². The molecule has 3 N–H and O–H groups in total. The third kappa shape index (κ3) is 3.66. The molecular weight excluding hydrogens is 330 g/mol. The number of hydrogen-bond donors (Lipinski definition) is 3. The van der Waals surface area contributed by atoms with E-state index in [0.717, 1.165) is 10.6 Å². The number of urea groups is 1. The Morgan fingerprint density at radius 1 is 1.38 bits per heavy atom. The number of anilines is 1. The molecule has 0 radical (unpaired) electrons. The van der Waals surface area contributed by atoms with Gasteiger partial charge in [0.05, 0.1) is 12.2 Å². The van der Waals surface area contributed by atoms with Gasteiger partial charge in [0.2, 0.25) is 11.8 Å². The molecule has 2 aliphatic rings. The zero-order valence-electron chi connectivity index (χ0n) is 13.7. The third-order valence-corrected chi connectivity index (χ3v) is 4.97. The molecule has 24 heavy (non-hydrogen) atoms. The van der Waals surface area contributed by atoms with E-state index in [-0.39, 0.29) is 23.9 Å². The van der Waals surface area contributed by atoms with Crippen molar-refractivity contribution in [3.05, 3.63) is 10.6 Å². The smallest absolute Gasteiger partial charge is 0.321 e. The fourth-order valence-corrected chi connectivity index (χ4v) is 3.87. The summed E-state index contributed by atoms with van der Waals surface area (Å²) in [6.07, 6.45) is 1.63. The van der Waals surface area contributed by atoms with E-state index in [0.29, 0.717) is 37.5 Å². The molecular formula is C15H21N5O3S. The number of rotatable bonds is 3. The van der Waals surface area contributed by atoms with Crippen molar-refractivity contribution >= 4 is 34.3 Å². The number of carbonyl (C=O) groups is 3. The molecule has 0 bridgehead atoms. The predicted octanol–water partition coefficient (Wildman–Crippen LogP) is 0.836. The maximum absolute atomic E-state index is 12.5. The first-order chi connectivity index (χ1) is 11.4. The van der Waals surface area contributed by atoms with Crippen molar-refractivity contribution in [3.8, 4) is 0 Å². The van der Waals surface area contributed by atoms with Crippen LogP contribution in [0.15, 0.2) is 0 Å². The van der Waals surface area contributed by atoms with Crippen molar-refractivity contribution in [3.63, 3.8) is 0 Å². The lowest BCUT2D eigenvalue weighted by Crippen LogP contribution is -2.46. The van der Waals surface area contributed by atoms with Gasteiger partial charge in [0.25, 0.3) is 0 Å². The molecule has 0 aromatic carbocycles. The number of carbonyl (C=O) groups excluding carboxylic acids is 3. The van der Waals surface area contributed by atoms with Crippen LogP contribution in [0.4, 0.5) is 9.93 Å². The molecule has 1 atom stereocenters. The molecule has 1 aromatic heterocycles. The summed E-state index contributed by atoms with van der Waals surface area (Å²) in [4.78, 5) is 42.7. The lowest BCUT2D eigenvalue weighted by molar-refractivity contribution is -0.135. The van der Waals surface area contributed by atoms with Crippen molar-refractivity contribution < 1.29 is 14.4 Å². The van der Waals surface area contributed by atoms with Crippen LogP contribution in [0.3, 0.4) is 0 Å². The molecule has 0 aliphatic carbocycles. The van der Waals surface area contributed by atoms with E-state index in [9.17, 15) is 14.4 Å². The first-order valence-corrected chi connectivity index (χ1v) is 8.88. The van der Waals surface area contributed by atoms with E-state index < -0.39 is 6.04 Å². The maximum Gasteiger partial charge on any atom is 0.321 e. The Morgan fingerprint density at radius 2 is 2.17 bits per heavy atom. The summed E-state index contributed by atoms with van der Waals surface area (Å²) in [7, 11) is 0. The summed E-state index contributed by atoms with van der Waals surface area (Å²) < 4.78 is 0. The highest BCUT2D eigenvalue weighted by Crippen LogP contribution is 2.29. The molecule has 1 fully saturated rings. The van der Waals surface area contributed by atoms with Crippen LogP contribution in [-0.2, 0) is 22.6 Å². The van der Waals surface area contributed by atoms with Gasteiger partial charge in [-0.05, 0) is 20.3 Å². The van der Waals surface area contributed by atoms with Crippen molar-refractivity contribution in [1.82, 2.24) is 20.5 Å². The topological polar surface area (TPSA) is 103 Å². The SMILES string of the molecule is CC(C)NC(=O)Nc1nc2c(s1)CN(C(=O)C1CCC(=O)N1)CC2. The van der Waals surface area contributed by atoms with Gasteiger partial charge in [-0.2, -0.15) is 0 Å². The zero-order valence-corrected chi connectivity index (χ0v) is 14.5. The summed E-state index contributed by atoms with van der Waals surface area (Å²) in [5.74, 6) is -0.0987. The van der Waals surface area contributed by atoms with E-state index in [4.69, 9.17) is 0 Å². The second-order valence-corrected chi connectivity index (χ2v) is 7.39. The van der Waals surface area contributed by atoms with Crippen LogP contribution in [0.1, 0.15) is 37.3 Å². The highest BCUT2D eigenvalue weighted by atomic mass is 32.1. The highest BCUT2D eigenvalue weighted by Gasteiger charge is 2.33. The van der Waals surface area contributed by atoms with E-state index in [2.05, 4.69) is 20.9 Å². The number of hydrogen-bond acceptors (Lipinski definition) is 5. The molecule has 1 aromatic rings. The lowest BCUT2D eigenvalue weighted by Gasteiger charge is -2.28. The lowest BCUT2D eigenvalue weighted by atomic mass is 10.1. The quantitative estimate of drug-likeness (QED) is 0.750. The van der Waals surface area contributed by atoms with Crippen molar-refractivity contribution in [2.24, 2.45) is 0 Å². The summed E-state index contributed by atoms with van der Waals surface area (Å²) in [6, 6.07) is -0.631. The van der Waals surface area contributed by atoms with Crippen molar-refractivity contribution in [1.29, 1.82) is 0 Å². The van der Waals surface area contributed by atoms with E-state index in [1.807, 2.05) is 13.8 Å². The van der Waals surface area contributed by atoms with Gasteiger partial charge in [0.15, 0.2) is 5.13 Å². The van der Waals surface area contributed by atoms with Crippen LogP contribution in [0.25, 0.3) is 0 Å². The summed E-state index contributed by atoms with van der Waals surface area (Å²) >= 11 is 1.39. The van der Waals surface area contributed by atoms with Gasteiger partial charge in [-0.15, -0.1) is 0 Å². The number of nitrogens with one attached hydrogen (secondary N) is 3. The van der Waals surface area contributed by atoms with Crippen LogP contribution in [0.2, 0.25) is 0 Å². The van der Waals surface area contributed by atoms with Crippen LogP contribution in [0, 0.1) is 0 Å². The third-order valence-electron chi connectivity index (χ3n) is 3.98. The average molecular weight is 351 g/mol. The van der Waals surface area contributed by atoms with E-state index in [1.54, 1.807) is 4.90 Å². The summed E-state index contributed by atoms with van der Waals surface area (Å²) in [5, 5.41) is 8.74. The van der Waals surface area contributed by atoms with Crippen LogP contribution in [-0.4, -0.2) is 46.4 Å². The maximum atomic E-state index is 12.5. The largest absolute Gasteiger partial charge is 0.344 e. The summed E-state index contributed by atoms with van der Waals surface area (Å²) in [6.45, 7) is 4.83. The number of aromatic nitrogens is 1. The molecule has 130 valence electrons. The van der Waals surface area contributed by atoms with Crippen molar-refractivity contribution in [2.45, 2.75) is 51.7 Å². The second-order valence-electron chi connectivity index (χ2n) is 6.31. The minimum atomic E-state index is -0.401. The molecule has 4 amide bonds. The van der Waals surface area contributed by atoms with Gasteiger partial charge in [-0.25, -0.2) is 9.78 Å². The Bertz CT molecular complexity index is 672. The van der Waals surface area contributed by atoms with Crippen LogP contribution in [0.5, 0.6) is 0 Å². The van der Waals surface area contributed by atoms with Gasteiger partial charge in [-0.1, -0.05) is 11.3 Å².